The molecule has 1 N–H and O–H groups in total. The van der Waals surface area contributed by atoms with E-state index in [2.05, 4.69) is 21.4 Å². The summed E-state index contributed by atoms with van der Waals surface area (Å²) in [5.41, 5.74) is 0.264. The number of hydrogen-bond donors (Lipinski definition) is 1. The first kappa shape index (κ1) is 19.8. The van der Waals surface area contributed by atoms with Crippen LogP contribution in [0.25, 0.3) is 0 Å². The second-order valence-corrected chi connectivity index (χ2v) is 7.76. The molecule has 10 heteroatoms. The molecule has 0 aliphatic carbocycles. The number of amides is 1. The Kier molecular flexibility index (Phi) is 6.67. The molecule has 0 bridgehead atoms. The molecule has 1 aromatic rings. The van der Waals surface area contributed by atoms with Crippen molar-refractivity contribution in [3.05, 3.63) is 28.7 Å². The maximum atomic E-state index is 11.9. The van der Waals surface area contributed by atoms with Gasteiger partial charge in [0, 0.05) is 0 Å². The van der Waals surface area contributed by atoms with Gasteiger partial charge in [-0.25, -0.2) is 18.0 Å². The summed E-state index contributed by atoms with van der Waals surface area (Å²) >= 11 is 0.808. The van der Waals surface area contributed by atoms with Crippen molar-refractivity contribution in [3.8, 4) is 0 Å². The van der Waals surface area contributed by atoms with Gasteiger partial charge in [-0.15, -0.1) is 17.9 Å². The van der Waals surface area contributed by atoms with Crippen molar-refractivity contribution in [3.63, 3.8) is 0 Å². The van der Waals surface area contributed by atoms with Crippen LogP contribution in [-0.2, 0) is 24.1 Å². The number of anilines is 1. The van der Waals surface area contributed by atoms with E-state index in [1.165, 1.54) is 20.1 Å². The Balaban J connectivity index is 3.18. The number of carbonyl (C=O) groups is 3. The number of carbonyl (C=O) groups excluding carboxylic acids is 3. The molecule has 0 saturated heterocycles. The molecule has 0 spiro atoms. The van der Waals surface area contributed by atoms with Gasteiger partial charge in [0.15, 0.2) is 9.84 Å². The second kappa shape index (κ2) is 8.06. The minimum absolute atomic E-state index is 0.0163. The summed E-state index contributed by atoms with van der Waals surface area (Å²) in [5, 5.41) is 2.36. The Labute approximate surface area is 143 Å². The number of methoxy groups -OCH3 is 2. The third-order valence-electron chi connectivity index (χ3n) is 2.88. The van der Waals surface area contributed by atoms with Crippen LogP contribution < -0.4 is 5.32 Å². The van der Waals surface area contributed by atoms with Gasteiger partial charge in [0.1, 0.15) is 15.6 Å². The van der Waals surface area contributed by atoms with Crippen LogP contribution in [0.4, 0.5) is 5.00 Å². The zero-order valence-electron chi connectivity index (χ0n) is 13.4. The maximum absolute atomic E-state index is 11.9. The van der Waals surface area contributed by atoms with Gasteiger partial charge in [-0.2, -0.15) is 0 Å². The Hall–Kier alpha value is -2.20. The van der Waals surface area contributed by atoms with Gasteiger partial charge in [0.25, 0.3) is 0 Å². The smallest absolute Gasteiger partial charge is 0.348 e. The van der Waals surface area contributed by atoms with Crippen LogP contribution in [0, 0.1) is 6.92 Å². The summed E-state index contributed by atoms with van der Waals surface area (Å²) in [6, 6.07) is 0. The number of hydrogen-bond acceptors (Lipinski definition) is 8. The van der Waals surface area contributed by atoms with Crippen molar-refractivity contribution in [2.24, 2.45) is 0 Å². The molecule has 1 heterocycles. The summed E-state index contributed by atoms with van der Waals surface area (Å²) in [4.78, 5) is 35.7. The number of rotatable bonds is 7. The van der Waals surface area contributed by atoms with Gasteiger partial charge in [-0.05, 0) is 12.5 Å². The van der Waals surface area contributed by atoms with Crippen molar-refractivity contribution in [2.75, 3.05) is 31.0 Å². The highest BCUT2D eigenvalue weighted by Gasteiger charge is 2.27. The second-order valence-electron chi connectivity index (χ2n) is 4.63. The zero-order chi connectivity index (χ0) is 18.5. The van der Waals surface area contributed by atoms with Gasteiger partial charge in [0.05, 0.1) is 25.5 Å². The Bertz CT molecular complexity index is 777. The molecule has 0 fully saturated rings. The first-order chi connectivity index (χ1) is 11.2. The summed E-state index contributed by atoms with van der Waals surface area (Å²) in [5.74, 6) is -3.39. The topological polar surface area (TPSA) is 116 Å². The molecule has 0 aliphatic heterocycles. The SMILES string of the molecule is C=CCS(=O)(=O)CC(=O)Nc1sc(C(=O)OC)c(C)c1C(=O)OC. The molecule has 0 atom stereocenters. The van der Waals surface area contributed by atoms with Gasteiger partial charge >= 0.3 is 11.9 Å². The largest absolute Gasteiger partial charge is 0.465 e. The van der Waals surface area contributed by atoms with E-state index in [0.29, 0.717) is 0 Å². The molecule has 1 amide bonds. The lowest BCUT2D eigenvalue weighted by Crippen LogP contribution is -2.24. The van der Waals surface area contributed by atoms with Crippen molar-refractivity contribution in [2.45, 2.75) is 6.92 Å². The van der Waals surface area contributed by atoms with Crippen LogP contribution in [0.15, 0.2) is 12.7 Å². The first-order valence-electron chi connectivity index (χ1n) is 6.58. The summed E-state index contributed by atoms with van der Waals surface area (Å²) in [7, 11) is -1.32. The van der Waals surface area contributed by atoms with Gasteiger partial charge in [-0.1, -0.05) is 6.08 Å². The molecule has 0 saturated carbocycles. The van der Waals surface area contributed by atoms with Gasteiger partial charge in [-0.3, -0.25) is 4.79 Å². The van der Waals surface area contributed by atoms with Crippen LogP contribution in [0.5, 0.6) is 0 Å². The highest BCUT2D eigenvalue weighted by atomic mass is 32.2. The van der Waals surface area contributed by atoms with Crippen LogP contribution >= 0.6 is 11.3 Å². The zero-order valence-corrected chi connectivity index (χ0v) is 15.0. The van der Waals surface area contributed by atoms with Crippen LogP contribution in [0.3, 0.4) is 0 Å². The van der Waals surface area contributed by atoms with Crippen molar-refractivity contribution >= 4 is 44.0 Å². The molecule has 1 aromatic heterocycles. The Morgan fingerprint density at radius 1 is 1.21 bits per heavy atom. The van der Waals surface area contributed by atoms with Crippen molar-refractivity contribution < 1.29 is 32.3 Å². The third kappa shape index (κ3) is 4.65. The van der Waals surface area contributed by atoms with Crippen molar-refractivity contribution in [1.82, 2.24) is 0 Å². The molecular formula is C14H17NO7S2. The molecule has 0 aromatic carbocycles. The molecule has 0 unspecified atom stereocenters. The summed E-state index contributed by atoms with van der Waals surface area (Å²) in [6.07, 6.45) is 1.17. The summed E-state index contributed by atoms with van der Waals surface area (Å²) in [6.45, 7) is 4.81. The van der Waals surface area contributed by atoms with E-state index >= 15 is 0 Å². The normalized spacial score (nSPS) is 10.8. The van der Waals surface area contributed by atoms with E-state index in [4.69, 9.17) is 0 Å². The number of thiophene rings is 1. The average Bonchev–Trinajstić information content (AvgIpc) is 2.81. The standard InChI is InChI=1S/C14H17NO7S2/c1-5-6-24(19,20)7-9(16)15-12-10(13(17)21-3)8(2)11(23-12)14(18)22-4/h5H,1,6-7H2,2-4H3,(H,15,16). The molecule has 1 rings (SSSR count). The van der Waals surface area contributed by atoms with Crippen LogP contribution in [0.1, 0.15) is 25.6 Å². The molecular weight excluding hydrogens is 358 g/mol. The van der Waals surface area contributed by atoms with Gasteiger partial charge < -0.3 is 14.8 Å². The Morgan fingerprint density at radius 3 is 2.29 bits per heavy atom. The lowest BCUT2D eigenvalue weighted by molar-refractivity contribution is -0.113. The van der Waals surface area contributed by atoms with E-state index in [1.807, 2.05) is 0 Å². The highest BCUT2D eigenvalue weighted by molar-refractivity contribution is 7.92. The first-order valence-corrected chi connectivity index (χ1v) is 9.21. The van der Waals surface area contributed by atoms with E-state index < -0.39 is 33.4 Å². The van der Waals surface area contributed by atoms with Crippen LogP contribution in [-0.4, -0.2) is 52.0 Å². The fourth-order valence-corrected chi connectivity index (χ4v) is 3.92. The lowest BCUT2D eigenvalue weighted by Gasteiger charge is -2.06. The number of ether oxygens (including phenoxy) is 2. The quantitative estimate of drug-likeness (QED) is 0.562. The molecule has 24 heavy (non-hydrogen) atoms. The fourth-order valence-electron chi connectivity index (χ4n) is 1.84. The van der Waals surface area contributed by atoms with Gasteiger partial charge in [0.2, 0.25) is 5.91 Å². The lowest BCUT2D eigenvalue weighted by atomic mass is 10.1. The van der Waals surface area contributed by atoms with E-state index in [0.717, 1.165) is 18.4 Å². The van der Waals surface area contributed by atoms with E-state index in [9.17, 15) is 22.8 Å². The third-order valence-corrected chi connectivity index (χ3v) is 5.52. The molecule has 0 aliphatic rings. The number of sulfone groups is 1. The monoisotopic (exact) mass is 375 g/mol. The highest BCUT2D eigenvalue weighted by Crippen LogP contribution is 2.34. The Morgan fingerprint density at radius 2 is 1.79 bits per heavy atom. The average molecular weight is 375 g/mol. The fraction of sp³-hybridized carbons (Fsp3) is 0.357. The molecule has 8 nitrogen and oxygen atoms in total. The molecule has 0 radical (unpaired) electrons. The maximum Gasteiger partial charge on any atom is 0.348 e. The number of esters is 2. The van der Waals surface area contributed by atoms with Crippen LogP contribution in [0.2, 0.25) is 0 Å². The number of nitrogens with one attached hydrogen (secondary N) is 1. The molecule has 132 valence electrons. The van der Waals surface area contributed by atoms with Crippen molar-refractivity contribution in [1.29, 1.82) is 0 Å². The van der Waals surface area contributed by atoms with E-state index in [1.54, 1.807) is 0 Å². The summed E-state index contributed by atoms with van der Waals surface area (Å²) < 4.78 is 32.5. The van der Waals surface area contributed by atoms with E-state index in [-0.39, 0.29) is 26.8 Å². The minimum atomic E-state index is -3.65. The predicted molar refractivity (Wildman–Crippen MR) is 89.2 cm³/mol. The minimum Gasteiger partial charge on any atom is -0.465 e. The predicted octanol–water partition coefficient (Wildman–Crippen LogP) is 1.17.